The number of carboxylic acid groups (broad SMARTS) is 1. The molecule has 24 heavy (non-hydrogen) atoms. The molecular formula is C18H17FN2O3. The maximum absolute atomic E-state index is 14.3. The Labute approximate surface area is 138 Å². The lowest BCUT2D eigenvalue weighted by molar-refractivity contribution is -0.149. The first kappa shape index (κ1) is 15.1. The summed E-state index contributed by atoms with van der Waals surface area (Å²) in [4.78, 5) is 29.9. The van der Waals surface area contributed by atoms with Crippen molar-refractivity contribution >= 4 is 22.8 Å². The first-order valence-corrected chi connectivity index (χ1v) is 8.09. The molecule has 2 fully saturated rings. The van der Waals surface area contributed by atoms with Gasteiger partial charge in [-0.15, -0.1) is 0 Å². The van der Waals surface area contributed by atoms with E-state index in [-0.39, 0.29) is 18.9 Å². The number of aliphatic carboxylic acids is 1. The number of carboxylic acids is 1. The number of benzene rings is 1. The van der Waals surface area contributed by atoms with Gasteiger partial charge in [0.25, 0.3) is 5.91 Å². The number of halogens is 1. The third-order valence-electron chi connectivity index (χ3n) is 4.85. The van der Waals surface area contributed by atoms with E-state index in [0.29, 0.717) is 11.5 Å². The van der Waals surface area contributed by atoms with Crippen molar-refractivity contribution in [3.05, 3.63) is 41.6 Å². The average Bonchev–Trinajstić information content (AvgIpc) is 3.35. The molecule has 124 valence electrons. The second-order valence-corrected chi connectivity index (χ2v) is 6.63. The molecule has 1 unspecified atom stereocenters. The predicted molar refractivity (Wildman–Crippen MR) is 85.7 cm³/mol. The molecule has 1 N–H and O–H groups in total. The number of amides is 1. The standard InChI is InChI=1S/C18H17FN2O3/c19-18(17(23)24)7-8-21(10-18)16(22)13-9-15(11-5-6-11)20-14-4-2-1-3-12(13)14/h1-4,9,11H,5-8,10H2,(H,23,24). The number of likely N-dealkylation sites (tertiary alicyclic amines) is 1. The molecule has 6 heteroatoms. The Balaban J connectivity index is 1.73. The van der Waals surface area contributed by atoms with Gasteiger partial charge in [-0.1, -0.05) is 18.2 Å². The zero-order valence-electron chi connectivity index (χ0n) is 13.0. The zero-order valence-corrected chi connectivity index (χ0v) is 13.0. The minimum absolute atomic E-state index is 0.108. The molecule has 1 aromatic heterocycles. The second kappa shape index (κ2) is 5.26. The molecule has 1 atom stereocenters. The minimum atomic E-state index is -2.35. The zero-order chi connectivity index (χ0) is 16.9. The average molecular weight is 328 g/mol. The van der Waals surface area contributed by atoms with Gasteiger partial charge in [-0.05, 0) is 25.0 Å². The molecule has 1 saturated heterocycles. The van der Waals surface area contributed by atoms with Crippen molar-refractivity contribution in [2.75, 3.05) is 13.1 Å². The lowest BCUT2D eigenvalue weighted by Crippen LogP contribution is -2.39. The van der Waals surface area contributed by atoms with E-state index in [4.69, 9.17) is 5.11 Å². The van der Waals surface area contributed by atoms with Crippen LogP contribution in [0.3, 0.4) is 0 Å². The summed E-state index contributed by atoms with van der Waals surface area (Å²) >= 11 is 0. The number of hydrogen-bond donors (Lipinski definition) is 1. The number of alkyl halides is 1. The van der Waals surface area contributed by atoms with Crippen LogP contribution in [0.15, 0.2) is 30.3 Å². The summed E-state index contributed by atoms with van der Waals surface area (Å²) in [7, 11) is 0. The number of para-hydroxylation sites is 1. The summed E-state index contributed by atoms with van der Waals surface area (Å²) in [5.74, 6) is -1.44. The maximum Gasteiger partial charge on any atom is 0.343 e. The Hall–Kier alpha value is -2.50. The van der Waals surface area contributed by atoms with E-state index < -0.39 is 18.2 Å². The number of hydrogen-bond acceptors (Lipinski definition) is 3. The predicted octanol–water partition coefficient (Wildman–Crippen LogP) is 2.75. The molecular weight excluding hydrogens is 311 g/mol. The Kier molecular flexibility index (Phi) is 3.30. The quantitative estimate of drug-likeness (QED) is 0.940. The van der Waals surface area contributed by atoms with Crippen molar-refractivity contribution in [3.8, 4) is 0 Å². The Bertz CT molecular complexity index is 849. The molecule has 4 rings (SSSR count). The summed E-state index contributed by atoms with van der Waals surface area (Å²) in [6.07, 6.45) is 1.96. The van der Waals surface area contributed by atoms with Crippen LogP contribution in [-0.4, -0.2) is 45.6 Å². The smallest absolute Gasteiger partial charge is 0.343 e. The van der Waals surface area contributed by atoms with E-state index in [1.54, 1.807) is 6.07 Å². The molecule has 1 saturated carbocycles. The summed E-state index contributed by atoms with van der Waals surface area (Å²) in [6.45, 7) is -0.298. The van der Waals surface area contributed by atoms with Gasteiger partial charge >= 0.3 is 5.97 Å². The van der Waals surface area contributed by atoms with E-state index >= 15 is 0 Å². The van der Waals surface area contributed by atoms with Crippen LogP contribution in [0.4, 0.5) is 4.39 Å². The second-order valence-electron chi connectivity index (χ2n) is 6.63. The first-order chi connectivity index (χ1) is 11.5. The van der Waals surface area contributed by atoms with Crippen molar-refractivity contribution in [1.29, 1.82) is 0 Å². The Morgan fingerprint density at radius 3 is 2.71 bits per heavy atom. The van der Waals surface area contributed by atoms with Gasteiger partial charge in [0.05, 0.1) is 17.6 Å². The summed E-state index contributed by atoms with van der Waals surface area (Å²) in [5, 5.41) is 9.74. The highest BCUT2D eigenvalue weighted by Crippen LogP contribution is 2.40. The number of fused-ring (bicyclic) bond motifs is 1. The Morgan fingerprint density at radius 2 is 2.04 bits per heavy atom. The van der Waals surface area contributed by atoms with Crippen molar-refractivity contribution in [3.63, 3.8) is 0 Å². The maximum atomic E-state index is 14.3. The molecule has 0 spiro atoms. The van der Waals surface area contributed by atoms with Gasteiger partial charge in [0.1, 0.15) is 0 Å². The molecule has 1 aliphatic heterocycles. The molecule has 0 radical (unpaired) electrons. The number of rotatable bonds is 3. The molecule has 2 aromatic rings. The van der Waals surface area contributed by atoms with Gasteiger partial charge in [-0.25, -0.2) is 9.18 Å². The first-order valence-electron chi connectivity index (χ1n) is 8.09. The van der Waals surface area contributed by atoms with Crippen LogP contribution in [0.1, 0.15) is 41.2 Å². The number of nitrogens with zero attached hydrogens (tertiary/aromatic N) is 2. The summed E-state index contributed by atoms with van der Waals surface area (Å²) < 4.78 is 14.3. The number of pyridine rings is 1. The summed E-state index contributed by atoms with van der Waals surface area (Å²) in [5.41, 5.74) is -0.231. The largest absolute Gasteiger partial charge is 0.479 e. The SMILES string of the molecule is O=C(c1cc(C2CC2)nc2ccccc12)N1CCC(F)(C(=O)O)C1. The van der Waals surface area contributed by atoms with Gasteiger partial charge < -0.3 is 10.0 Å². The van der Waals surface area contributed by atoms with Crippen LogP contribution in [-0.2, 0) is 4.79 Å². The molecule has 1 aromatic carbocycles. The van der Waals surface area contributed by atoms with Crippen LogP contribution in [0.25, 0.3) is 10.9 Å². The normalized spacial score (nSPS) is 23.6. The van der Waals surface area contributed by atoms with E-state index in [9.17, 15) is 14.0 Å². The van der Waals surface area contributed by atoms with Gasteiger partial charge in [0.15, 0.2) is 0 Å². The highest BCUT2D eigenvalue weighted by Gasteiger charge is 2.47. The lowest BCUT2D eigenvalue weighted by atomic mass is 10.0. The van der Waals surface area contributed by atoms with E-state index in [2.05, 4.69) is 4.98 Å². The molecule has 1 aliphatic carbocycles. The molecule has 1 amide bonds. The monoisotopic (exact) mass is 328 g/mol. The molecule has 2 heterocycles. The van der Waals surface area contributed by atoms with Crippen LogP contribution >= 0.6 is 0 Å². The molecule has 2 aliphatic rings. The highest BCUT2D eigenvalue weighted by atomic mass is 19.1. The third kappa shape index (κ3) is 2.42. The van der Waals surface area contributed by atoms with Gasteiger partial charge in [0.2, 0.25) is 5.67 Å². The highest BCUT2D eigenvalue weighted by molar-refractivity contribution is 6.06. The fourth-order valence-corrected chi connectivity index (χ4v) is 3.25. The van der Waals surface area contributed by atoms with Crippen LogP contribution < -0.4 is 0 Å². The summed E-state index contributed by atoms with van der Waals surface area (Å²) in [6, 6.07) is 9.17. The van der Waals surface area contributed by atoms with E-state index in [0.717, 1.165) is 29.4 Å². The number of carbonyl (C=O) groups excluding carboxylic acids is 1. The third-order valence-corrected chi connectivity index (χ3v) is 4.85. The molecule has 0 bridgehead atoms. The van der Waals surface area contributed by atoms with Crippen molar-refractivity contribution in [2.45, 2.75) is 30.8 Å². The van der Waals surface area contributed by atoms with Crippen LogP contribution in [0.5, 0.6) is 0 Å². The van der Waals surface area contributed by atoms with Crippen molar-refractivity contribution < 1.29 is 19.1 Å². The van der Waals surface area contributed by atoms with Crippen LogP contribution in [0, 0.1) is 0 Å². The van der Waals surface area contributed by atoms with E-state index in [1.165, 1.54) is 4.90 Å². The van der Waals surface area contributed by atoms with Gasteiger partial charge in [-0.3, -0.25) is 9.78 Å². The minimum Gasteiger partial charge on any atom is -0.479 e. The topological polar surface area (TPSA) is 70.5 Å². The Morgan fingerprint density at radius 1 is 1.29 bits per heavy atom. The fraction of sp³-hybridized carbons (Fsp3) is 0.389. The van der Waals surface area contributed by atoms with Crippen molar-refractivity contribution in [2.24, 2.45) is 0 Å². The van der Waals surface area contributed by atoms with Gasteiger partial charge in [-0.2, -0.15) is 0 Å². The van der Waals surface area contributed by atoms with Gasteiger partial charge in [0, 0.05) is 30.0 Å². The van der Waals surface area contributed by atoms with E-state index in [1.807, 2.05) is 24.3 Å². The fourth-order valence-electron chi connectivity index (χ4n) is 3.25. The van der Waals surface area contributed by atoms with Crippen LogP contribution in [0.2, 0.25) is 0 Å². The number of aromatic nitrogens is 1. The lowest BCUT2D eigenvalue weighted by Gasteiger charge is -2.19. The van der Waals surface area contributed by atoms with Crippen molar-refractivity contribution in [1.82, 2.24) is 9.88 Å². The molecule has 5 nitrogen and oxygen atoms in total. The number of carbonyl (C=O) groups is 2.